The van der Waals surface area contributed by atoms with Crippen molar-refractivity contribution in [1.82, 2.24) is 0 Å². The lowest BCUT2D eigenvalue weighted by atomic mass is 9.85. The predicted molar refractivity (Wildman–Crippen MR) is 50.0 cm³/mol. The van der Waals surface area contributed by atoms with Gasteiger partial charge >= 0.3 is 6.18 Å². The molecule has 1 aromatic carbocycles. The minimum atomic E-state index is -4.74. The molecule has 0 saturated carbocycles. The smallest absolute Gasteiger partial charge is 0.206 e. The Morgan fingerprint density at radius 1 is 1.12 bits per heavy atom. The van der Waals surface area contributed by atoms with Gasteiger partial charge in [0.05, 0.1) is 17.0 Å². The first kappa shape index (κ1) is 12.5. The molecule has 0 N–H and O–H groups in total. The number of nitrogens with zero attached hydrogens (tertiary/aromatic N) is 1. The van der Waals surface area contributed by atoms with Crippen LogP contribution in [0.5, 0.6) is 0 Å². The fraction of sp³-hybridized carbons (Fsp3) is 0.364. The van der Waals surface area contributed by atoms with Crippen LogP contribution in [0.15, 0.2) is 18.2 Å². The highest BCUT2D eigenvalue weighted by Crippen LogP contribution is 2.35. The molecule has 0 radical (unpaired) electrons. The third kappa shape index (κ3) is 2.16. The molecule has 86 valence electrons. The summed E-state index contributed by atoms with van der Waals surface area (Å²) in [6.07, 6.45) is -4.74. The van der Waals surface area contributed by atoms with Crippen LogP contribution in [0.3, 0.4) is 0 Å². The molecule has 0 spiro atoms. The molecule has 0 saturated heterocycles. The van der Waals surface area contributed by atoms with Crippen molar-refractivity contribution in [1.29, 1.82) is 5.26 Å². The Balaban J connectivity index is 3.43. The molecule has 0 aromatic heterocycles. The molecule has 5 heteroatoms. The Bertz CT molecular complexity index is 440. The Morgan fingerprint density at radius 3 is 2.06 bits per heavy atom. The van der Waals surface area contributed by atoms with Gasteiger partial charge < -0.3 is 0 Å². The third-order valence-electron chi connectivity index (χ3n) is 2.26. The zero-order valence-electron chi connectivity index (χ0n) is 8.69. The van der Waals surface area contributed by atoms with Crippen molar-refractivity contribution in [3.05, 3.63) is 35.1 Å². The summed E-state index contributed by atoms with van der Waals surface area (Å²) in [4.78, 5) is 0. The van der Waals surface area contributed by atoms with E-state index in [9.17, 15) is 17.6 Å². The Hall–Kier alpha value is -1.57. The first-order chi connectivity index (χ1) is 7.20. The van der Waals surface area contributed by atoms with Gasteiger partial charge in [-0.1, -0.05) is 12.1 Å². The Kier molecular flexibility index (Phi) is 2.95. The summed E-state index contributed by atoms with van der Waals surface area (Å²) < 4.78 is 50.8. The normalized spacial score (nSPS) is 12.3. The van der Waals surface area contributed by atoms with Crippen LogP contribution in [0, 0.1) is 17.1 Å². The van der Waals surface area contributed by atoms with E-state index in [4.69, 9.17) is 5.26 Å². The number of halogens is 4. The fourth-order valence-corrected chi connectivity index (χ4v) is 1.29. The SMILES string of the molecule is CC(C)(C#N)c1cccc(C(F)(F)F)c1F. The minimum Gasteiger partial charge on any atom is -0.206 e. The van der Waals surface area contributed by atoms with Crippen molar-refractivity contribution in [2.75, 3.05) is 0 Å². The summed E-state index contributed by atoms with van der Waals surface area (Å²) in [6, 6.07) is 4.71. The molecule has 0 atom stereocenters. The second kappa shape index (κ2) is 3.78. The second-order valence-electron chi connectivity index (χ2n) is 3.90. The van der Waals surface area contributed by atoms with E-state index in [0.29, 0.717) is 6.07 Å². The van der Waals surface area contributed by atoms with Gasteiger partial charge in [-0.25, -0.2) is 4.39 Å². The van der Waals surface area contributed by atoms with Crippen molar-refractivity contribution in [3.63, 3.8) is 0 Å². The van der Waals surface area contributed by atoms with Gasteiger partial charge in [0.15, 0.2) is 0 Å². The van der Waals surface area contributed by atoms with Crippen LogP contribution >= 0.6 is 0 Å². The number of nitriles is 1. The van der Waals surface area contributed by atoms with E-state index < -0.39 is 23.0 Å². The second-order valence-corrected chi connectivity index (χ2v) is 3.90. The number of alkyl halides is 3. The molecule has 1 nitrogen and oxygen atoms in total. The van der Waals surface area contributed by atoms with Gasteiger partial charge in [0.1, 0.15) is 5.82 Å². The molecule has 0 aliphatic heterocycles. The first-order valence-corrected chi connectivity index (χ1v) is 4.47. The predicted octanol–water partition coefficient (Wildman–Crippen LogP) is 3.65. The van der Waals surface area contributed by atoms with Gasteiger partial charge in [-0.3, -0.25) is 0 Å². The van der Waals surface area contributed by atoms with E-state index in [1.54, 1.807) is 6.07 Å². The van der Waals surface area contributed by atoms with E-state index in [-0.39, 0.29) is 5.56 Å². The average molecular weight is 231 g/mol. The summed E-state index contributed by atoms with van der Waals surface area (Å²) in [5, 5.41) is 8.77. The molecule has 0 heterocycles. The molecule has 0 unspecified atom stereocenters. The summed E-state index contributed by atoms with van der Waals surface area (Å²) >= 11 is 0. The van der Waals surface area contributed by atoms with Crippen LogP contribution in [0.2, 0.25) is 0 Å². The number of benzene rings is 1. The maximum absolute atomic E-state index is 13.6. The zero-order chi connectivity index (χ0) is 12.6. The maximum atomic E-state index is 13.6. The third-order valence-corrected chi connectivity index (χ3v) is 2.26. The topological polar surface area (TPSA) is 23.8 Å². The maximum Gasteiger partial charge on any atom is 0.419 e. The summed E-state index contributed by atoms with van der Waals surface area (Å²) in [5.41, 5.74) is -2.87. The highest BCUT2D eigenvalue weighted by Gasteiger charge is 2.37. The van der Waals surface area contributed by atoms with E-state index in [0.717, 1.165) is 6.07 Å². The summed E-state index contributed by atoms with van der Waals surface area (Å²) in [5.74, 6) is -1.37. The molecular formula is C11H9F4N. The van der Waals surface area contributed by atoms with Crippen molar-refractivity contribution < 1.29 is 17.6 Å². The average Bonchev–Trinajstić information content (AvgIpc) is 2.16. The van der Waals surface area contributed by atoms with Gasteiger partial charge in [0.2, 0.25) is 0 Å². The molecule has 0 bridgehead atoms. The largest absolute Gasteiger partial charge is 0.419 e. The highest BCUT2D eigenvalue weighted by molar-refractivity contribution is 5.36. The monoisotopic (exact) mass is 231 g/mol. The van der Waals surface area contributed by atoms with E-state index in [2.05, 4.69) is 0 Å². The zero-order valence-corrected chi connectivity index (χ0v) is 8.69. The van der Waals surface area contributed by atoms with Gasteiger partial charge in [-0.05, 0) is 19.9 Å². The van der Waals surface area contributed by atoms with Crippen LogP contribution in [0.25, 0.3) is 0 Å². The molecule has 1 aromatic rings. The van der Waals surface area contributed by atoms with Gasteiger partial charge in [-0.2, -0.15) is 18.4 Å². The van der Waals surface area contributed by atoms with Crippen molar-refractivity contribution in [2.45, 2.75) is 25.4 Å². The van der Waals surface area contributed by atoms with Crippen LogP contribution in [-0.2, 0) is 11.6 Å². The van der Waals surface area contributed by atoms with E-state index >= 15 is 0 Å². The van der Waals surface area contributed by atoms with Crippen LogP contribution in [0.4, 0.5) is 17.6 Å². The van der Waals surface area contributed by atoms with Crippen molar-refractivity contribution in [2.24, 2.45) is 0 Å². The van der Waals surface area contributed by atoms with Crippen molar-refractivity contribution in [3.8, 4) is 6.07 Å². The molecule has 0 amide bonds. The molecule has 16 heavy (non-hydrogen) atoms. The van der Waals surface area contributed by atoms with Gasteiger partial charge in [0, 0.05) is 5.56 Å². The number of hydrogen-bond acceptors (Lipinski definition) is 1. The quantitative estimate of drug-likeness (QED) is 0.677. The van der Waals surface area contributed by atoms with Gasteiger partial charge in [-0.15, -0.1) is 0 Å². The summed E-state index contributed by atoms with van der Waals surface area (Å²) in [7, 11) is 0. The molecule has 0 fully saturated rings. The Morgan fingerprint density at radius 2 is 1.62 bits per heavy atom. The first-order valence-electron chi connectivity index (χ1n) is 4.47. The molecular weight excluding hydrogens is 222 g/mol. The standard InChI is InChI=1S/C11H9F4N/c1-10(2,6-16)7-4-3-5-8(9(7)12)11(13,14)15/h3-5H,1-2H3. The number of rotatable bonds is 1. The minimum absolute atomic E-state index is 0.246. The Labute approximate surface area is 90.3 Å². The van der Waals surface area contributed by atoms with E-state index in [1.165, 1.54) is 19.9 Å². The molecule has 0 aliphatic rings. The lowest BCUT2D eigenvalue weighted by Gasteiger charge is -2.19. The van der Waals surface area contributed by atoms with Crippen LogP contribution < -0.4 is 0 Å². The highest BCUT2D eigenvalue weighted by atomic mass is 19.4. The van der Waals surface area contributed by atoms with Crippen LogP contribution in [0.1, 0.15) is 25.0 Å². The number of hydrogen-bond donors (Lipinski definition) is 0. The van der Waals surface area contributed by atoms with Gasteiger partial charge in [0.25, 0.3) is 0 Å². The lowest BCUT2D eigenvalue weighted by molar-refractivity contribution is -0.140. The molecule has 1 rings (SSSR count). The fourth-order valence-electron chi connectivity index (χ4n) is 1.29. The lowest BCUT2D eigenvalue weighted by Crippen LogP contribution is -2.19. The summed E-state index contributed by atoms with van der Waals surface area (Å²) in [6.45, 7) is 2.73. The van der Waals surface area contributed by atoms with Crippen LogP contribution in [-0.4, -0.2) is 0 Å². The molecule has 0 aliphatic carbocycles. The van der Waals surface area contributed by atoms with Crippen molar-refractivity contribution >= 4 is 0 Å². The van der Waals surface area contributed by atoms with E-state index in [1.807, 2.05) is 0 Å².